The summed E-state index contributed by atoms with van der Waals surface area (Å²) in [4.78, 5) is 43.1. The maximum absolute atomic E-state index is 14.2. The lowest BCUT2D eigenvalue weighted by Gasteiger charge is -2.26. The number of methoxy groups -OCH3 is 2. The van der Waals surface area contributed by atoms with E-state index in [-0.39, 0.29) is 24.5 Å². The average Bonchev–Trinajstić information content (AvgIpc) is 3.33. The van der Waals surface area contributed by atoms with Crippen LogP contribution < -0.4 is 29.1 Å². The molecule has 0 aliphatic carbocycles. The first-order valence-electron chi connectivity index (χ1n) is 13.8. The zero-order chi connectivity index (χ0) is 33.1. The Kier molecular flexibility index (Phi) is 9.94. The van der Waals surface area contributed by atoms with E-state index >= 15 is 0 Å². The van der Waals surface area contributed by atoms with Crippen molar-refractivity contribution in [3.05, 3.63) is 122 Å². The number of allylic oxidation sites excluding steroid dienone is 1. The molecule has 0 fully saturated rings. The molecule has 46 heavy (non-hydrogen) atoms. The predicted molar refractivity (Wildman–Crippen MR) is 177 cm³/mol. The number of non-ortho nitro benzene ring substituents is 1. The van der Waals surface area contributed by atoms with Crippen molar-refractivity contribution in [1.29, 1.82) is 0 Å². The van der Waals surface area contributed by atoms with E-state index < -0.39 is 22.5 Å². The summed E-state index contributed by atoms with van der Waals surface area (Å²) in [5, 5.41) is 11.4. The Balaban J connectivity index is 1.63. The molecule has 0 radical (unpaired) electrons. The third-order valence-corrected chi connectivity index (χ3v) is 9.02. The third-order valence-electron chi connectivity index (χ3n) is 7.11. The number of thiazole rings is 1. The van der Waals surface area contributed by atoms with E-state index in [0.717, 1.165) is 11.3 Å². The summed E-state index contributed by atoms with van der Waals surface area (Å²) in [5.74, 6) is 0.721. The molecule has 0 saturated heterocycles. The Morgan fingerprint density at radius 3 is 2.46 bits per heavy atom. The summed E-state index contributed by atoms with van der Waals surface area (Å²) >= 11 is 11.1. The second-order valence-corrected chi connectivity index (χ2v) is 12.2. The molecule has 0 bridgehead atoms. The Morgan fingerprint density at radius 1 is 1.11 bits per heavy atom. The summed E-state index contributed by atoms with van der Waals surface area (Å²) in [6.45, 7) is 3.66. The van der Waals surface area contributed by atoms with E-state index in [9.17, 15) is 19.7 Å². The summed E-state index contributed by atoms with van der Waals surface area (Å²) in [6.07, 6.45) is 1.66. The van der Waals surface area contributed by atoms with Gasteiger partial charge in [0.1, 0.15) is 12.4 Å². The van der Waals surface area contributed by atoms with Crippen molar-refractivity contribution < 1.29 is 28.7 Å². The van der Waals surface area contributed by atoms with Gasteiger partial charge in [-0.2, -0.15) is 0 Å². The molecule has 0 amide bonds. The van der Waals surface area contributed by atoms with Crippen molar-refractivity contribution >= 4 is 56.6 Å². The fourth-order valence-corrected chi connectivity index (χ4v) is 6.70. The van der Waals surface area contributed by atoms with Crippen LogP contribution in [0, 0.1) is 10.1 Å². The third kappa shape index (κ3) is 6.57. The Hall–Kier alpha value is -4.46. The normalized spacial score (nSPS) is 14.4. The van der Waals surface area contributed by atoms with Gasteiger partial charge >= 0.3 is 5.97 Å². The summed E-state index contributed by atoms with van der Waals surface area (Å²) in [5.41, 5.74) is 2.02. The van der Waals surface area contributed by atoms with Crippen molar-refractivity contribution in [3.63, 3.8) is 0 Å². The second-order valence-electron chi connectivity index (χ2n) is 9.93. The molecule has 11 nitrogen and oxygen atoms in total. The molecule has 4 aromatic rings. The number of nitro groups is 1. The maximum atomic E-state index is 14.2. The lowest BCUT2D eigenvalue weighted by Crippen LogP contribution is -2.40. The van der Waals surface area contributed by atoms with Gasteiger partial charge < -0.3 is 18.9 Å². The highest BCUT2D eigenvalue weighted by molar-refractivity contribution is 9.10. The van der Waals surface area contributed by atoms with Gasteiger partial charge in [0.25, 0.3) is 11.2 Å². The number of benzene rings is 3. The largest absolute Gasteiger partial charge is 0.493 e. The molecule has 0 spiro atoms. The molecule has 5 rings (SSSR count). The Labute approximate surface area is 280 Å². The molecule has 2 heterocycles. The number of ether oxygens (including phenoxy) is 4. The molecule has 0 unspecified atom stereocenters. The molecule has 0 saturated carbocycles. The van der Waals surface area contributed by atoms with Crippen molar-refractivity contribution in [2.75, 3.05) is 20.8 Å². The molecular formula is C32H27BrClN3O8S. The fourth-order valence-electron chi connectivity index (χ4n) is 4.94. The molecule has 0 N–H and O–H groups in total. The topological polar surface area (TPSA) is 131 Å². The maximum Gasteiger partial charge on any atom is 0.338 e. The van der Waals surface area contributed by atoms with Crippen LogP contribution in [-0.2, 0) is 16.1 Å². The van der Waals surface area contributed by atoms with E-state index in [2.05, 4.69) is 20.9 Å². The van der Waals surface area contributed by atoms with Crippen molar-refractivity contribution in [1.82, 2.24) is 4.57 Å². The molecule has 238 valence electrons. The molecule has 1 aromatic heterocycles. The second kappa shape index (κ2) is 13.9. The molecule has 14 heteroatoms. The number of carbonyl (C=O) groups is 1. The van der Waals surface area contributed by atoms with Crippen LogP contribution in [0.1, 0.15) is 36.6 Å². The van der Waals surface area contributed by atoms with E-state index in [0.29, 0.717) is 58.5 Å². The quantitative estimate of drug-likeness (QED) is 0.115. The number of hydrogen-bond donors (Lipinski definition) is 0. The molecule has 3 aromatic carbocycles. The number of esters is 1. The first-order valence-corrected chi connectivity index (χ1v) is 15.8. The minimum atomic E-state index is -0.899. The van der Waals surface area contributed by atoms with E-state index in [1.54, 1.807) is 62.4 Å². The Morgan fingerprint density at radius 2 is 1.80 bits per heavy atom. The number of rotatable bonds is 10. The van der Waals surface area contributed by atoms with Gasteiger partial charge in [-0.05, 0) is 73.5 Å². The number of nitrogens with zero attached hydrogens (tertiary/aromatic N) is 3. The van der Waals surface area contributed by atoms with Crippen LogP contribution >= 0.6 is 38.9 Å². The number of carbonyl (C=O) groups excluding carboxylic acids is 1. The van der Waals surface area contributed by atoms with E-state index in [4.69, 9.17) is 30.5 Å². The molecule has 1 aliphatic rings. The number of hydrogen-bond acceptors (Lipinski definition) is 10. The average molecular weight is 729 g/mol. The van der Waals surface area contributed by atoms with Crippen LogP contribution in [0.25, 0.3) is 6.08 Å². The SMILES string of the molecule is CCOC(=O)C1=C(C)N=c2s/c(=C\c3cc(Cl)ccc3OCc3ccc([N+](=O)[O-])cc3)c(=O)n2[C@@H]1c1cc(OC)c(OC)cc1Br. The smallest absolute Gasteiger partial charge is 0.338 e. The van der Waals surface area contributed by atoms with Gasteiger partial charge in [-0.3, -0.25) is 19.5 Å². The van der Waals surface area contributed by atoms with Crippen LogP contribution in [0.3, 0.4) is 0 Å². The van der Waals surface area contributed by atoms with Crippen LogP contribution in [0.5, 0.6) is 17.2 Å². The lowest BCUT2D eigenvalue weighted by atomic mass is 9.95. The van der Waals surface area contributed by atoms with Crippen LogP contribution in [-0.4, -0.2) is 36.3 Å². The summed E-state index contributed by atoms with van der Waals surface area (Å²) in [7, 11) is 3.02. The minimum absolute atomic E-state index is 0.0222. The highest BCUT2D eigenvalue weighted by Crippen LogP contribution is 2.41. The van der Waals surface area contributed by atoms with E-state index in [1.165, 1.54) is 30.9 Å². The van der Waals surface area contributed by atoms with E-state index in [1.807, 2.05) is 0 Å². The number of halogens is 2. The minimum Gasteiger partial charge on any atom is -0.493 e. The van der Waals surface area contributed by atoms with Gasteiger partial charge in [0.2, 0.25) is 0 Å². The van der Waals surface area contributed by atoms with Crippen molar-refractivity contribution in [2.45, 2.75) is 26.5 Å². The fraction of sp³-hybridized carbons (Fsp3) is 0.219. The standard InChI is InChI=1S/C32H27BrClN3O8S/c1-5-44-31(39)28-17(2)35-32-36(29(28)22-14-25(42-3)26(43-4)15-23(22)33)30(38)27(46-32)13-19-12-20(34)8-11-24(19)45-16-18-6-9-21(10-7-18)37(40)41/h6-15,29H,5,16H2,1-4H3/b27-13-/t29-/m1/s1. The van der Waals surface area contributed by atoms with Gasteiger partial charge in [0, 0.05) is 27.2 Å². The molecule has 1 atom stereocenters. The highest BCUT2D eigenvalue weighted by Gasteiger charge is 2.35. The van der Waals surface area contributed by atoms with Crippen LogP contribution in [0.2, 0.25) is 5.02 Å². The van der Waals surface area contributed by atoms with Gasteiger partial charge in [-0.25, -0.2) is 9.79 Å². The predicted octanol–water partition coefficient (Wildman–Crippen LogP) is 5.72. The van der Waals surface area contributed by atoms with Gasteiger partial charge in [0.15, 0.2) is 16.3 Å². The molecular weight excluding hydrogens is 702 g/mol. The van der Waals surface area contributed by atoms with Crippen molar-refractivity contribution in [2.24, 2.45) is 4.99 Å². The summed E-state index contributed by atoms with van der Waals surface area (Å²) in [6, 6.07) is 13.6. The number of fused-ring (bicyclic) bond motifs is 1. The highest BCUT2D eigenvalue weighted by atomic mass is 79.9. The van der Waals surface area contributed by atoms with Gasteiger partial charge in [-0.1, -0.05) is 38.9 Å². The van der Waals surface area contributed by atoms with Crippen LogP contribution in [0.15, 0.2) is 80.1 Å². The lowest BCUT2D eigenvalue weighted by molar-refractivity contribution is -0.384. The number of nitro benzene ring substituents is 1. The van der Waals surface area contributed by atoms with Gasteiger partial charge in [0.05, 0.1) is 47.6 Å². The first-order chi connectivity index (χ1) is 22.1. The zero-order valence-electron chi connectivity index (χ0n) is 25.0. The van der Waals surface area contributed by atoms with Gasteiger partial charge in [-0.15, -0.1) is 0 Å². The monoisotopic (exact) mass is 727 g/mol. The van der Waals surface area contributed by atoms with Crippen molar-refractivity contribution in [3.8, 4) is 17.2 Å². The number of aromatic nitrogens is 1. The summed E-state index contributed by atoms with van der Waals surface area (Å²) < 4.78 is 24.8. The van der Waals surface area contributed by atoms with Crippen LogP contribution in [0.4, 0.5) is 5.69 Å². The Bertz CT molecular complexity index is 2060. The molecule has 1 aliphatic heterocycles. The zero-order valence-corrected chi connectivity index (χ0v) is 28.2. The first kappa shape index (κ1) is 32.9.